The molecule has 120 valence electrons. The second-order valence-corrected chi connectivity index (χ2v) is 5.56. The third kappa shape index (κ3) is 6.12. The van der Waals surface area contributed by atoms with E-state index in [-0.39, 0.29) is 18.5 Å². The monoisotopic (exact) mass is 296 g/mol. The SMILES string of the molecule is CCCCN(CCO)CCC(NC)c1ccc(C)c(F)c1. The molecule has 0 bridgehead atoms. The minimum absolute atomic E-state index is 0.142. The van der Waals surface area contributed by atoms with Gasteiger partial charge in [0.25, 0.3) is 0 Å². The summed E-state index contributed by atoms with van der Waals surface area (Å²) in [5.41, 5.74) is 1.67. The normalized spacial score (nSPS) is 12.9. The molecule has 1 aromatic rings. The number of benzene rings is 1. The molecule has 0 fully saturated rings. The van der Waals surface area contributed by atoms with Gasteiger partial charge in [-0.05, 0) is 50.6 Å². The summed E-state index contributed by atoms with van der Waals surface area (Å²) in [6.45, 7) is 6.76. The number of hydrogen-bond acceptors (Lipinski definition) is 3. The molecule has 1 aromatic carbocycles. The van der Waals surface area contributed by atoms with E-state index in [1.165, 1.54) is 0 Å². The molecule has 0 heterocycles. The van der Waals surface area contributed by atoms with Crippen LogP contribution in [0.1, 0.15) is 43.4 Å². The second kappa shape index (κ2) is 9.87. The third-order valence-corrected chi connectivity index (χ3v) is 3.92. The van der Waals surface area contributed by atoms with Crippen LogP contribution in [0.25, 0.3) is 0 Å². The number of halogens is 1. The topological polar surface area (TPSA) is 35.5 Å². The van der Waals surface area contributed by atoms with Gasteiger partial charge in [-0.25, -0.2) is 4.39 Å². The molecule has 3 nitrogen and oxygen atoms in total. The molecular formula is C17H29FN2O. The fourth-order valence-corrected chi connectivity index (χ4v) is 2.47. The highest BCUT2D eigenvalue weighted by Gasteiger charge is 2.13. The highest BCUT2D eigenvalue weighted by molar-refractivity contribution is 5.25. The standard InChI is InChI=1S/C17H29FN2O/c1-4-5-9-20(11-12-21)10-8-17(19-3)15-7-6-14(2)16(18)13-15/h6-7,13,17,19,21H,4-5,8-12H2,1-3H3. The Morgan fingerprint density at radius 2 is 2.05 bits per heavy atom. The molecule has 0 amide bonds. The van der Waals surface area contributed by atoms with Gasteiger partial charge in [0.15, 0.2) is 0 Å². The first-order valence-corrected chi connectivity index (χ1v) is 7.88. The van der Waals surface area contributed by atoms with Gasteiger partial charge in [0.2, 0.25) is 0 Å². The van der Waals surface area contributed by atoms with Crippen LogP contribution in [-0.2, 0) is 0 Å². The van der Waals surface area contributed by atoms with E-state index in [1.807, 2.05) is 19.2 Å². The van der Waals surface area contributed by atoms with Crippen molar-refractivity contribution in [3.05, 3.63) is 35.1 Å². The van der Waals surface area contributed by atoms with E-state index in [0.717, 1.165) is 37.9 Å². The van der Waals surface area contributed by atoms with Gasteiger partial charge in [-0.15, -0.1) is 0 Å². The molecule has 4 heteroatoms. The van der Waals surface area contributed by atoms with Crippen LogP contribution < -0.4 is 5.32 Å². The predicted molar refractivity (Wildman–Crippen MR) is 86.0 cm³/mol. The van der Waals surface area contributed by atoms with E-state index in [1.54, 1.807) is 13.0 Å². The molecule has 0 saturated carbocycles. The molecule has 1 rings (SSSR count). The molecule has 2 N–H and O–H groups in total. The van der Waals surface area contributed by atoms with Crippen LogP contribution in [0.3, 0.4) is 0 Å². The quantitative estimate of drug-likeness (QED) is 0.697. The summed E-state index contributed by atoms with van der Waals surface area (Å²) in [6.07, 6.45) is 3.20. The van der Waals surface area contributed by atoms with E-state index in [2.05, 4.69) is 17.1 Å². The third-order valence-electron chi connectivity index (χ3n) is 3.92. The summed E-state index contributed by atoms with van der Waals surface area (Å²) in [5, 5.41) is 12.4. The summed E-state index contributed by atoms with van der Waals surface area (Å²) < 4.78 is 13.7. The Kier molecular flexibility index (Phi) is 8.50. The number of aliphatic hydroxyl groups is 1. The second-order valence-electron chi connectivity index (χ2n) is 5.56. The van der Waals surface area contributed by atoms with Crippen molar-refractivity contribution in [2.75, 3.05) is 33.3 Å². The van der Waals surface area contributed by atoms with Gasteiger partial charge >= 0.3 is 0 Å². The number of aryl methyl sites for hydroxylation is 1. The Labute approximate surface area is 128 Å². The maximum Gasteiger partial charge on any atom is 0.126 e. The Hall–Kier alpha value is -0.970. The average Bonchev–Trinajstić information content (AvgIpc) is 2.48. The molecule has 0 spiro atoms. The summed E-state index contributed by atoms with van der Waals surface area (Å²) in [5.74, 6) is -0.147. The molecule has 0 aliphatic carbocycles. The summed E-state index contributed by atoms with van der Waals surface area (Å²) >= 11 is 0. The van der Waals surface area contributed by atoms with Crippen molar-refractivity contribution in [3.63, 3.8) is 0 Å². The Bertz CT molecular complexity index is 412. The zero-order valence-electron chi connectivity index (χ0n) is 13.5. The van der Waals surface area contributed by atoms with Gasteiger partial charge in [0, 0.05) is 19.1 Å². The van der Waals surface area contributed by atoms with E-state index in [4.69, 9.17) is 5.11 Å². The minimum Gasteiger partial charge on any atom is -0.395 e. The van der Waals surface area contributed by atoms with Gasteiger partial charge in [-0.1, -0.05) is 25.5 Å². The molecule has 0 aliphatic rings. The molecule has 1 unspecified atom stereocenters. The molecule has 0 saturated heterocycles. The summed E-state index contributed by atoms with van der Waals surface area (Å²) in [4.78, 5) is 2.28. The highest BCUT2D eigenvalue weighted by atomic mass is 19.1. The maximum absolute atomic E-state index is 13.7. The summed E-state index contributed by atoms with van der Waals surface area (Å²) in [7, 11) is 1.91. The van der Waals surface area contributed by atoms with Gasteiger partial charge < -0.3 is 15.3 Å². The van der Waals surface area contributed by atoms with Crippen LogP contribution in [-0.4, -0.2) is 43.3 Å². The molecule has 0 radical (unpaired) electrons. The smallest absolute Gasteiger partial charge is 0.126 e. The fourth-order valence-electron chi connectivity index (χ4n) is 2.47. The van der Waals surface area contributed by atoms with Crippen LogP contribution in [0, 0.1) is 12.7 Å². The molecule has 0 aliphatic heterocycles. The van der Waals surface area contributed by atoms with Gasteiger partial charge in [-0.2, -0.15) is 0 Å². The largest absolute Gasteiger partial charge is 0.395 e. The lowest BCUT2D eigenvalue weighted by atomic mass is 10.0. The zero-order chi connectivity index (χ0) is 15.7. The zero-order valence-corrected chi connectivity index (χ0v) is 13.5. The van der Waals surface area contributed by atoms with E-state index < -0.39 is 0 Å². The van der Waals surface area contributed by atoms with Crippen molar-refractivity contribution < 1.29 is 9.50 Å². The van der Waals surface area contributed by atoms with Gasteiger partial charge in [0.05, 0.1) is 6.61 Å². The molecular weight excluding hydrogens is 267 g/mol. The van der Waals surface area contributed by atoms with Crippen molar-refractivity contribution in [3.8, 4) is 0 Å². The van der Waals surface area contributed by atoms with Crippen LogP contribution in [0.4, 0.5) is 4.39 Å². The number of aliphatic hydroxyl groups excluding tert-OH is 1. The van der Waals surface area contributed by atoms with Crippen molar-refractivity contribution in [2.24, 2.45) is 0 Å². The first-order chi connectivity index (χ1) is 10.1. The van der Waals surface area contributed by atoms with Gasteiger partial charge in [-0.3, -0.25) is 0 Å². The van der Waals surface area contributed by atoms with Crippen molar-refractivity contribution in [2.45, 2.75) is 39.2 Å². The lowest BCUT2D eigenvalue weighted by Gasteiger charge is -2.24. The lowest BCUT2D eigenvalue weighted by molar-refractivity contribution is 0.188. The Morgan fingerprint density at radius 1 is 1.29 bits per heavy atom. The fraction of sp³-hybridized carbons (Fsp3) is 0.647. The Morgan fingerprint density at radius 3 is 2.62 bits per heavy atom. The van der Waals surface area contributed by atoms with Crippen molar-refractivity contribution >= 4 is 0 Å². The predicted octanol–water partition coefficient (Wildman–Crippen LogP) is 2.88. The summed E-state index contributed by atoms with van der Waals surface area (Å²) in [6, 6.07) is 5.58. The van der Waals surface area contributed by atoms with Crippen molar-refractivity contribution in [1.29, 1.82) is 0 Å². The van der Waals surface area contributed by atoms with Crippen LogP contribution in [0.15, 0.2) is 18.2 Å². The molecule has 0 aromatic heterocycles. The first-order valence-electron chi connectivity index (χ1n) is 7.88. The minimum atomic E-state index is -0.147. The molecule has 21 heavy (non-hydrogen) atoms. The van der Waals surface area contributed by atoms with E-state index >= 15 is 0 Å². The van der Waals surface area contributed by atoms with Crippen LogP contribution in [0.2, 0.25) is 0 Å². The average molecular weight is 296 g/mol. The van der Waals surface area contributed by atoms with E-state index in [9.17, 15) is 4.39 Å². The number of hydrogen-bond donors (Lipinski definition) is 2. The lowest BCUT2D eigenvalue weighted by Crippen LogP contribution is -2.31. The van der Waals surface area contributed by atoms with Crippen LogP contribution in [0.5, 0.6) is 0 Å². The molecule has 1 atom stereocenters. The van der Waals surface area contributed by atoms with Crippen LogP contribution >= 0.6 is 0 Å². The number of unbranched alkanes of at least 4 members (excludes halogenated alkanes) is 1. The van der Waals surface area contributed by atoms with Gasteiger partial charge in [0.1, 0.15) is 5.82 Å². The number of nitrogens with one attached hydrogen (secondary N) is 1. The first kappa shape index (κ1) is 18.1. The number of rotatable bonds is 10. The number of nitrogens with zero attached hydrogens (tertiary/aromatic N) is 1. The maximum atomic E-state index is 13.7. The Balaban J connectivity index is 2.61. The van der Waals surface area contributed by atoms with Crippen molar-refractivity contribution in [1.82, 2.24) is 10.2 Å². The van der Waals surface area contributed by atoms with E-state index in [0.29, 0.717) is 12.1 Å². The highest BCUT2D eigenvalue weighted by Crippen LogP contribution is 2.19.